The average molecular weight is 496 g/mol. The topological polar surface area (TPSA) is 82.4 Å². The lowest BCUT2D eigenvalue weighted by Crippen LogP contribution is -2.37. The van der Waals surface area contributed by atoms with E-state index in [1.807, 2.05) is 48.5 Å². The van der Waals surface area contributed by atoms with Crippen molar-refractivity contribution in [1.29, 1.82) is 5.26 Å². The van der Waals surface area contributed by atoms with Crippen molar-refractivity contribution in [1.82, 2.24) is 9.62 Å². The van der Waals surface area contributed by atoms with Crippen molar-refractivity contribution < 1.29 is 13.2 Å². The van der Waals surface area contributed by atoms with Crippen LogP contribution in [0.3, 0.4) is 0 Å². The molecule has 1 aliphatic heterocycles. The molecular weight excluding hydrogens is 470 g/mol. The van der Waals surface area contributed by atoms with Gasteiger partial charge in [-0.1, -0.05) is 48.0 Å². The van der Waals surface area contributed by atoms with Gasteiger partial charge in [-0.2, -0.15) is 5.26 Å². The molecule has 6 nitrogen and oxygen atoms in total. The number of rotatable bonds is 9. The molecule has 3 aromatic carbocycles. The maximum atomic E-state index is 12.6. The number of nitrogens with one attached hydrogen (secondary N) is 1. The van der Waals surface area contributed by atoms with Crippen molar-refractivity contribution in [2.24, 2.45) is 0 Å². The van der Waals surface area contributed by atoms with E-state index in [0.29, 0.717) is 18.7 Å². The molecule has 8 heteroatoms. The number of nitriles is 1. The molecule has 0 radical (unpaired) electrons. The first kappa shape index (κ1) is 24.2. The molecule has 0 amide bonds. The van der Waals surface area contributed by atoms with E-state index in [1.54, 1.807) is 18.2 Å². The van der Waals surface area contributed by atoms with E-state index in [-0.39, 0.29) is 16.0 Å². The zero-order valence-electron chi connectivity index (χ0n) is 18.7. The first-order valence-electron chi connectivity index (χ1n) is 11.2. The second-order valence-corrected chi connectivity index (χ2v) is 10.3. The molecule has 0 spiro atoms. The maximum Gasteiger partial charge on any atom is 0.242 e. The lowest BCUT2D eigenvalue weighted by molar-refractivity contribution is 0.261. The second-order valence-electron chi connectivity index (χ2n) is 8.25. The van der Waals surface area contributed by atoms with Gasteiger partial charge in [0.15, 0.2) is 0 Å². The third-order valence-corrected chi connectivity index (χ3v) is 7.83. The first-order chi connectivity index (χ1) is 16.4. The van der Waals surface area contributed by atoms with Crippen molar-refractivity contribution in [2.45, 2.75) is 23.8 Å². The van der Waals surface area contributed by atoms with Crippen LogP contribution < -0.4 is 9.46 Å². The van der Waals surface area contributed by atoms with Gasteiger partial charge in [0.25, 0.3) is 0 Å². The second kappa shape index (κ2) is 11.0. The Morgan fingerprint density at radius 2 is 1.71 bits per heavy atom. The van der Waals surface area contributed by atoms with Gasteiger partial charge in [0, 0.05) is 19.1 Å². The van der Waals surface area contributed by atoms with Crippen LogP contribution in [0.4, 0.5) is 0 Å². The summed E-state index contributed by atoms with van der Waals surface area (Å²) in [7, 11) is -3.63. The van der Waals surface area contributed by atoms with Crippen LogP contribution >= 0.6 is 11.6 Å². The summed E-state index contributed by atoms with van der Waals surface area (Å²) in [5.41, 5.74) is 2.77. The quantitative estimate of drug-likeness (QED) is 0.435. The number of nitrogens with zero attached hydrogens (tertiary/aromatic N) is 2. The molecule has 1 atom stereocenters. The Morgan fingerprint density at radius 3 is 2.38 bits per heavy atom. The monoisotopic (exact) mass is 495 g/mol. The highest BCUT2D eigenvalue weighted by molar-refractivity contribution is 7.89. The van der Waals surface area contributed by atoms with Gasteiger partial charge in [0.1, 0.15) is 10.6 Å². The fourth-order valence-electron chi connectivity index (χ4n) is 4.04. The van der Waals surface area contributed by atoms with Gasteiger partial charge < -0.3 is 9.64 Å². The lowest BCUT2D eigenvalue weighted by atomic mass is 10.0. The number of hydrogen-bond donors (Lipinski definition) is 1. The summed E-state index contributed by atoms with van der Waals surface area (Å²) in [6.45, 7) is 2.94. The molecule has 1 N–H and O–H groups in total. The zero-order valence-corrected chi connectivity index (χ0v) is 20.2. The van der Waals surface area contributed by atoms with Crippen LogP contribution in [0.25, 0.3) is 11.1 Å². The van der Waals surface area contributed by atoms with Crippen molar-refractivity contribution in [3.8, 4) is 22.9 Å². The van der Waals surface area contributed by atoms with Gasteiger partial charge in [0.05, 0.1) is 23.3 Å². The Bertz CT molecular complexity index is 1260. The van der Waals surface area contributed by atoms with E-state index in [1.165, 1.54) is 6.07 Å². The summed E-state index contributed by atoms with van der Waals surface area (Å²) >= 11 is 6.05. The predicted octanol–water partition coefficient (Wildman–Crippen LogP) is 4.70. The van der Waals surface area contributed by atoms with E-state index in [4.69, 9.17) is 21.6 Å². The summed E-state index contributed by atoms with van der Waals surface area (Å²) in [5, 5.41) is 9.14. The normalized spacial score (nSPS) is 16.3. The number of hydrogen-bond acceptors (Lipinski definition) is 5. The van der Waals surface area contributed by atoms with Crippen LogP contribution in [0.5, 0.6) is 5.75 Å². The molecule has 1 saturated heterocycles. The smallest absolute Gasteiger partial charge is 0.242 e. The highest BCUT2D eigenvalue weighted by Crippen LogP contribution is 2.24. The molecule has 0 unspecified atom stereocenters. The van der Waals surface area contributed by atoms with E-state index < -0.39 is 10.0 Å². The number of halogens is 1. The summed E-state index contributed by atoms with van der Waals surface area (Å²) < 4.78 is 33.9. The molecule has 0 saturated carbocycles. The number of ether oxygens (including phenoxy) is 1. The van der Waals surface area contributed by atoms with Crippen molar-refractivity contribution >= 4 is 21.6 Å². The van der Waals surface area contributed by atoms with Crippen LogP contribution in [0.2, 0.25) is 5.02 Å². The van der Waals surface area contributed by atoms with Crippen molar-refractivity contribution in [3.63, 3.8) is 0 Å². The maximum absolute atomic E-state index is 12.6. The van der Waals surface area contributed by atoms with E-state index >= 15 is 0 Å². The highest BCUT2D eigenvalue weighted by Gasteiger charge is 2.28. The van der Waals surface area contributed by atoms with E-state index in [9.17, 15) is 8.42 Å². The molecule has 1 fully saturated rings. The predicted molar refractivity (Wildman–Crippen MR) is 133 cm³/mol. The summed E-state index contributed by atoms with van der Waals surface area (Å²) in [6, 6.07) is 23.9. The minimum absolute atomic E-state index is 0.119. The zero-order chi connectivity index (χ0) is 24.0. The molecular formula is C26H26ClN3O3S. The van der Waals surface area contributed by atoms with Gasteiger partial charge in [-0.3, -0.25) is 0 Å². The molecule has 1 aliphatic rings. The van der Waals surface area contributed by atoms with Gasteiger partial charge in [-0.05, 0) is 66.9 Å². The first-order valence-corrected chi connectivity index (χ1v) is 13.0. The fraction of sp³-hybridized carbons (Fsp3) is 0.269. The number of benzene rings is 3. The Hall–Kier alpha value is -2.89. The van der Waals surface area contributed by atoms with Crippen LogP contribution in [-0.2, 0) is 10.0 Å². The standard InChI is InChI=1S/C26H26ClN3O3S/c27-25-4-1-2-5-26(25)34(31,32)29-23-14-16-30(19-23)15-3-17-33-24-12-10-22(11-13-24)21-8-6-20(18-28)7-9-21/h1-2,4-13,23,29H,3,14-17,19H2/t23-/m1/s1. The molecule has 0 aliphatic carbocycles. The highest BCUT2D eigenvalue weighted by atomic mass is 35.5. The van der Waals surface area contributed by atoms with Crippen LogP contribution in [0, 0.1) is 11.3 Å². The van der Waals surface area contributed by atoms with Crippen LogP contribution in [0.1, 0.15) is 18.4 Å². The summed E-state index contributed by atoms with van der Waals surface area (Å²) in [6.07, 6.45) is 1.61. The Balaban J connectivity index is 1.20. The van der Waals surface area contributed by atoms with E-state index in [0.717, 1.165) is 42.8 Å². The molecule has 1 heterocycles. The molecule has 4 rings (SSSR count). The van der Waals surface area contributed by atoms with Crippen LogP contribution in [-0.4, -0.2) is 45.6 Å². The minimum atomic E-state index is -3.63. The summed E-state index contributed by atoms with van der Waals surface area (Å²) in [4.78, 5) is 2.37. The fourth-order valence-corrected chi connectivity index (χ4v) is 5.82. The Labute approximate surface area is 205 Å². The molecule has 3 aromatic rings. The third kappa shape index (κ3) is 6.16. The third-order valence-electron chi connectivity index (χ3n) is 5.81. The lowest BCUT2D eigenvalue weighted by Gasteiger charge is -2.17. The Kier molecular flexibility index (Phi) is 7.86. The number of sulfonamides is 1. The van der Waals surface area contributed by atoms with Gasteiger partial charge in [-0.25, -0.2) is 13.1 Å². The van der Waals surface area contributed by atoms with Crippen LogP contribution in [0.15, 0.2) is 77.7 Å². The Morgan fingerprint density at radius 1 is 1.03 bits per heavy atom. The van der Waals surface area contributed by atoms with Crippen molar-refractivity contribution in [3.05, 3.63) is 83.4 Å². The molecule has 0 aromatic heterocycles. The molecule has 0 bridgehead atoms. The SMILES string of the molecule is N#Cc1ccc(-c2ccc(OCCCN3CC[C@@H](NS(=O)(=O)c4ccccc4Cl)C3)cc2)cc1. The largest absolute Gasteiger partial charge is 0.494 e. The molecule has 34 heavy (non-hydrogen) atoms. The van der Waals surface area contributed by atoms with Gasteiger partial charge >= 0.3 is 0 Å². The van der Waals surface area contributed by atoms with Gasteiger partial charge in [0.2, 0.25) is 10.0 Å². The summed E-state index contributed by atoms with van der Waals surface area (Å²) in [5.74, 6) is 0.809. The van der Waals surface area contributed by atoms with Crippen molar-refractivity contribution in [2.75, 3.05) is 26.2 Å². The minimum Gasteiger partial charge on any atom is -0.494 e. The number of likely N-dealkylation sites (tertiary alicyclic amines) is 1. The van der Waals surface area contributed by atoms with E-state index in [2.05, 4.69) is 15.7 Å². The van der Waals surface area contributed by atoms with Gasteiger partial charge in [-0.15, -0.1) is 0 Å². The average Bonchev–Trinajstić information content (AvgIpc) is 3.29. The molecule has 176 valence electrons.